The van der Waals surface area contributed by atoms with Crippen LogP contribution in [0.1, 0.15) is 17.0 Å². The quantitative estimate of drug-likeness (QED) is 0.542. The predicted molar refractivity (Wildman–Crippen MR) is 86.2 cm³/mol. The summed E-state index contributed by atoms with van der Waals surface area (Å²) in [6, 6.07) is 6.11. The van der Waals surface area contributed by atoms with Crippen molar-refractivity contribution in [2.45, 2.75) is 20.5 Å². The molecule has 0 aliphatic heterocycles. The lowest BCUT2D eigenvalue weighted by Gasteiger charge is -2.07. The Morgan fingerprint density at radius 2 is 2.13 bits per heavy atom. The van der Waals surface area contributed by atoms with Crippen LogP contribution in [0.2, 0.25) is 0 Å². The molecule has 0 fully saturated rings. The second-order valence-corrected chi connectivity index (χ2v) is 5.93. The van der Waals surface area contributed by atoms with Crippen molar-refractivity contribution in [2.75, 3.05) is 0 Å². The van der Waals surface area contributed by atoms with Crippen LogP contribution in [0.15, 0.2) is 34.4 Å². The van der Waals surface area contributed by atoms with Gasteiger partial charge in [0.25, 0.3) is 5.56 Å². The summed E-state index contributed by atoms with van der Waals surface area (Å²) in [6.45, 7) is 3.59. The van der Waals surface area contributed by atoms with Gasteiger partial charge in [-0.25, -0.2) is 4.98 Å². The van der Waals surface area contributed by atoms with Crippen LogP contribution in [-0.2, 0) is 6.61 Å². The van der Waals surface area contributed by atoms with Gasteiger partial charge < -0.3 is 4.74 Å². The second kappa shape index (κ2) is 5.81. The third kappa shape index (κ3) is 2.93. The van der Waals surface area contributed by atoms with Crippen molar-refractivity contribution in [3.05, 3.63) is 67.1 Å². The lowest BCUT2D eigenvalue weighted by Crippen LogP contribution is -2.16. The van der Waals surface area contributed by atoms with E-state index in [9.17, 15) is 14.9 Å². The first-order chi connectivity index (χ1) is 11.0. The molecule has 2 aromatic heterocycles. The van der Waals surface area contributed by atoms with Crippen LogP contribution >= 0.6 is 11.3 Å². The summed E-state index contributed by atoms with van der Waals surface area (Å²) in [4.78, 5) is 27.6. The number of nitro benzene ring substituents is 1. The average Bonchev–Trinajstić information content (AvgIpc) is 2.87. The summed E-state index contributed by atoms with van der Waals surface area (Å²) < 4.78 is 7.02. The number of benzene rings is 1. The molecule has 0 spiro atoms. The van der Waals surface area contributed by atoms with E-state index in [2.05, 4.69) is 4.98 Å². The Kier molecular flexibility index (Phi) is 3.83. The second-order valence-electron chi connectivity index (χ2n) is 5.10. The number of nitrogens with zero attached hydrogens (tertiary/aromatic N) is 3. The molecule has 0 aliphatic carbocycles. The first-order valence-electron chi connectivity index (χ1n) is 6.80. The van der Waals surface area contributed by atoms with Gasteiger partial charge in [-0.05, 0) is 25.5 Å². The maximum atomic E-state index is 12.1. The topological polar surface area (TPSA) is 86.7 Å². The number of thiazole rings is 1. The number of aromatic nitrogens is 2. The molecular weight excluding hydrogens is 318 g/mol. The Bertz CT molecular complexity index is 961. The van der Waals surface area contributed by atoms with Gasteiger partial charge in [0.2, 0.25) is 0 Å². The molecule has 0 atom stereocenters. The van der Waals surface area contributed by atoms with E-state index < -0.39 is 4.92 Å². The van der Waals surface area contributed by atoms with Crippen LogP contribution in [0.3, 0.4) is 0 Å². The van der Waals surface area contributed by atoms with Gasteiger partial charge in [0.1, 0.15) is 6.61 Å². The smallest absolute Gasteiger partial charge is 0.311 e. The number of aryl methyl sites for hydroxylation is 2. The Hall–Kier alpha value is -2.74. The number of hydrogen-bond acceptors (Lipinski definition) is 6. The predicted octanol–water partition coefficient (Wildman–Crippen LogP) is 2.86. The zero-order chi connectivity index (χ0) is 16.6. The summed E-state index contributed by atoms with van der Waals surface area (Å²) in [5.74, 6) is 0.157. The lowest BCUT2D eigenvalue weighted by atomic mass is 10.2. The minimum atomic E-state index is -0.490. The van der Waals surface area contributed by atoms with E-state index in [1.165, 1.54) is 27.9 Å². The SMILES string of the molecule is Cc1ccc(OCc2cc(=O)n3c(C)csc3n2)c([N+](=O)[O-])c1. The van der Waals surface area contributed by atoms with Crippen LogP contribution in [0.4, 0.5) is 5.69 Å². The molecule has 0 radical (unpaired) electrons. The van der Waals surface area contributed by atoms with Gasteiger partial charge in [-0.2, -0.15) is 0 Å². The van der Waals surface area contributed by atoms with Gasteiger partial charge in [-0.1, -0.05) is 6.07 Å². The molecule has 118 valence electrons. The maximum absolute atomic E-state index is 12.1. The van der Waals surface area contributed by atoms with Gasteiger partial charge in [-0.3, -0.25) is 19.3 Å². The highest BCUT2D eigenvalue weighted by atomic mass is 32.1. The minimum absolute atomic E-state index is 0.00735. The molecule has 0 aliphatic rings. The Morgan fingerprint density at radius 3 is 2.87 bits per heavy atom. The summed E-state index contributed by atoms with van der Waals surface area (Å²) in [6.07, 6.45) is 0. The van der Waals surface area contributed by atoms with Crippen LogP contribution in [-0.4, -0.2) is 14.3 Å². The van der Waals surface area contributed by atoms with Crippen molar-refractivity contribution >= 4 is 22.0 Å². The fraction of sp³-hybridized carbons (Fsp3) is 0.200. The van der Waals surface area contributed by atoms with E-state index >= 15 is 0 Å². The minimum Gasteiger partial charge on any atom is -0.480 e. The first-order valence-corrected chi connectivity index (χ1v) is 7.68. The van der Waals surface area contributed by atoms with Gasteiger partial charge in [0.05, 0.1) is 10.6 Å². The molecule has 0 saturated carbocycles. The summed E-state index contributed by atoms with van der Waals surface area (Å²) in [5.41, 5.74) is 1.74. The highest BCUT2D eigenvalue weighted by Crippen LogP contribution is 2.28. The monoisotopic (exact) mass is 331 g/mol. The van der Waals surface area contributed by atoms with Gasteiger partial charge in [0, 0.05) is 23.2 Å². The Balaban J connectivity index is 1.89. The molecule has 0 bridgehead atoms. The summed E-state index contributed by atoms with van der Waals surface area (Å²) in [7, 11) is 0. The molecule has 1 aromatic carbocycles. The molecule has 7 nitrogen and oxygen atoms in total. The molecule has 0 saturated heterocycles. The van der Waals surface area contributed by atoms with Crippen molar-refractivity contribution in [1.29, 1.82) is 0 Å². The standard InChI is InChI=1S/C15H13N3O4S/c1-9-3-4-13(12(5-9)18(20)21)22-7-11-6-14(19)17-10(2)8-23-15(17)16-11/h3-6,8H,7H2,1-2H3. The van der Waals surface area contributed by atoms with E-state index in [1.54, 1.807) is 19.1 Å². The number of rotatable bonds is 4. The Labute approximate surface area is 135 Å². The summed E-state index contributed by atoms with van der Waals surface area (Å²) >= 11 is 1.36. The van der Waals surface area contributed by atoms with Crippen LogP contribution in [0.25, 0.3) is 4.96 Å². The fourth-order valence-corrected chi connectivity index (χ4v) is 3.11. The third-order valence-electron chi connectivity index (χ3n) is 3.32. The van der Waals surface area contributed by atoms with E-state index in [-0.39, 0.29) is 23.6 Å². The summed E-state index contributed by atoms with van der Waals surface area (Å²) in [5, 5.41) is 12.9. The molecule has 0 unspecified atom stereocenters. The van der Waals surface area contributed by atoms with Gasteiger partial charge >= 0.3 is 5.69 Å². The fourth-order valence-electron chi connectivity index (χ4n) is 2.22. The number of nitro groups is 1. The average molecular weight is 331 g/mol. The largest absolute Gasteiger partial charge is 0.480 e. The van der Waals surface area contributed by atoms with Crippen molar-refractivity contribution in [3.8, 4) is 5.75 Å². The van der Waals surface area contributed by atoms with Gasteiger partial charge in [0.15, 0.2) is 10.7 Å². The van der Waals surface area contributed by atoms with Crippen molar-refractivity contribution in [3.63, 3.8) is 0 Å². The van der Waals surface area contributed by atoms with E-state index in [0.717, 1.165) is 11.3 Å². The molecule has 8 heteroatoms. The number of ether oxygens (including phenoxy) is 1. The number of fused-ring (bicyclic) bond motifs is 1. The van der Waals surface area contributed by atoms with Crippen molar-refractivity contribution in [1.82, 2.24) is 9.38 Å². The van der Waals surface area contributed by atoms with Crippen LogP contribution in [0.5, 0.6) is 5.75 Å². The van der Waals surface area contributed by atoms with Crippen LogP contribution in [0, 0.1) is 24.0 Å². The molecule has 0 amide bonds. The maximum Gasteiger partial charge on any atom is 0.311 e. The van der Waals surface area contributed by atoms with E-state index in [0.29, 0.717) is 10.7 Å². The van der Waals surface area contributed by atoms with Gasteiger partial charge in [-0.15, -0.1) is 11.3 Å². The lowest BCUT2D eigenvalue weighted by molar-refractivity contribution is -0.386. The zero-order valence-corrected chi connectivity index (χ0v) is 13.3. The normalized spacial score (nSPS) is 10.9. The first kappa shape index (κ1) is 15.2. The zero-order valence-electron chi connectivity index (χ0n) is 12.5. The third-order valence-corrected chi connectivity index (χ3v) is 4.26. The molecular formula is C15H13N3O4S. The molecule has 2 heterocycles. The van der Waals surface area contributed by atoms with E-state index in [1.807, 2.05) is 12.3 Å². The van der Waals surface area contributed by atoms with Crippen molar-refractivity contribution in [2.24, 2.45) is 0 Å². The number of hydrogen-bond donors (Lipinski definition) is 0. The van der Waals surface area contributed by atoms with Crippen molar-refractivity contribution < 1.29 is 9.66 Å². The molecule has 23 heavy (non-hydrogen) atoms. The molecule has 3 aromatic rings. The van der Waals surface area contributed by atoms with Crippen LogP contribution < -0.4 is 10.3 Å². The highest BCUT2D eigenvalue weighted by molar-refractivity contribution is 7.15. The Morgan fingerprint density at radius 1 is 1.35 bits per heavy atom. The molecule has 0 N–H and O–H groups in total. The molecule has 3 rings (SSSR count). The van der Waals surface area contributed by atoms with E-state index in [4.69, 9.17) is 4.74 Å². The highest BCUT2D eigenvalue weighted by Gasteiger charge is 2.16.